The fraction of sp³-hybridized carbons (Fsp3) is 0.211. The number of hydrogen-bond acceptors (Lipinski definition) is 7. The molecule has 1 aliphatic heterocycles. The summed E-state index contributed by atoms with van der Waals surface area (Å²) in [6.07, 6.45) is 0.307. The van der Waals surface area contributed by atoms with Crippen molar-refractivity contribution in [1.82, 2.24) is 10.6 Å². The Bertz CT molecular complexity index is 1180. The predicted octanol–water partition coefficient (Wildman–Crippen LogP) is 1.84. The highest BCUT2D eigenvalue weighted by Crippen LogP contribution is 2.26. The van der Waals surface area contributed by atoms with Crippen molar-refractivity contribution >= 4 is 43.2 Å². The summed E-state index contributed by atoms with van der Waals surface area (Å²) in [5.41, 5.74) is 0.0166. The average molecular weight is 479 g/mol. The number of allylic oxidation sites excluding steroid dienone is 2. The van der Waals surface area contributed by atoms with Crippen molar-refractivity contribution in [3.63, 3.8) is 0 Å². The number of ketones is 2. The molecule has 0 spiro atoms. The molecule has 1 aromatic heterocycles. The van der Waals surface area contributed by atoms with Gasteiger partial charge in [0.2, 0.25) is 11.6 Å². The monoisotopic (exact) mass is 478 g/mol. The number of carbonyl (C=O) groups is 3. The second-order valence-electron chi connectivity index (χ2n) is 6.76. The lowest BCUT2D eigenvalue weighted by Crippen LogP contribution is -2.41. The van der Waals surface area contributed by atoms with E-state index in [0.717, 1.165) is 0 Å². The van der Waals surface area contributed by atoms with Crippen LogP contribution in [0.1, 0.15) is 37.7 Å². The van der Waals surface area contributed by atoms with Crippen LogP contribution in [-0.2, 0) is 9.84 Å². The van der Waals surface area contributed by atoms with Gasteiger partial charge in [-0.25, -0.2) is 8.42 Å². The van der Waals surface area contributed by atoms with Crippen LogP contribution in [0.4, 0.5) is 0 Å². The van der Waals surface area contributed by atoms with Crippen molar-refractivity contribution < 1.29 is 27.2 Å². The van der Waals surface area contributed by atoms with E-state index in [1.807, 2.05) is 0 Å². The van der Waals surface area contributed by atoms with Crippen LogP contribution >= 0.6 is 15.9 Å². The molecule has 29 heavy (non-hydrogen) atoms. The van der Waals surface area contributed by atoms with Crippen LogP contribution in [0.3, 0.4) is 0 Å². The Morgan fingerprint density at radius 3 is 2.24 bits per heavy atom. The summed E-state index contributed by atoms with van der Waals surface area (Å²) in [7, 11) is -3.21. The Balaban J connectivity index is 1.73. The molecule has 2 N–H and O–H groups in total. The smallest absolute Gasteiger partial charge is 0.291 e. The Labute approximate surface area is 174 Å². The van der Waals surface area contributed by atoms with Gasteiger partial charge in [0.05, 0.1) is 11.5 Å². The van der Waals surface area contributed by atoms with Gasteiger partial charge in [-0.1, -0.05) is 24.3 Å². The lowest BCUT2D eigenvalue weighted by atomic mass is 9.90. The van der Waals surface area contributed by atoms with E-state index in [0.29, 0.717) is 11.1 Å². The van der Waals surface area contributed by atoms with Gasteiger partial charge in [-0.05, 0) is 34.5 Å². The molecule has 150 valence electrons. The molecule has 0 bridgehead atoms. The minimum absolute atomic E-state index is 0.00121. The first-order valence-electron chi connectivity index (χ1n) is 8.71. The lowest BCUT2D eigenvalue weighted by Gasteiger charge is -2.24. The first-order valence-corrected chi connectivity index (χ1v) is 11.3. The van der Waals surface area contributed by atoms with Crippen LogP contribution in [0.15, 0.2) is 56.9 Å². The summed E-state index contributed by atoms with van der Waals surface area (Å²) < 4.78 is 29.1. The van der Waals surface area contributed by atoms with Crippen molar-refractivity contribution in [2.45, 2.75) is 12.5 Å². The van der Waals surface area contributed by atoms with Gasteiger partial charge < -0.3 is 15.1 Å². The summed E-state index contributed by atoms with van der Waals surface area (Å²) in [5.74, 6) is -1.93. The maximum atomic E-state index is 13.0. The fourth-order valence-corrected chi connectivity index (χ4v) is 5.34. The summed E-state index contributed by atoms with van der Waals surface area (Å²) in [6.45, 7) is 0. The zero-order valence-corrected chi connectivity index (χ0v) is 17.3. The molecule has 1 atom stereocenters. The second kappa shape index (κ2) is 7.27. The number of amides is 1. The zero-order valence-electron chi connectivity index (χ0n) is 14.9. The average Bonchev–Trinajstić information content (AvgIpc) is 3.27. The Hall–Kier alpha value is -2.72. The number of benzene rings is 1. The van der Waals surface area contributed by atoms with E-state index in [-0.39, 0.29) is 39.8 Å². The molecule has 2 aliphatic rings. The molecular formula is C19H15BrN2O6S. The molecule has 1 amide bonds. The van der Waals surface area contributed by atoms with E-state index in [2.05, 4.69) is 26.6 Å². The first kappa shape index (κ1) is 19.6. The van der Waals surface area contributed by atoms with Gasteiger partial charge in [0.15, 0.2) is 20.3 Å². The predicted molar refractivity (Wildman–Crippen MR) is 106 cm³/mol. The van der Waals surface area contributed by atoms with Gasteiger partial charge in [-0.3, -0.25) is 14.4 Å². The largest absolute Gasteiger partial charge is 0.444 e. The van der Waals surface area contributed by atoms with Crippen LogP contribution in [0, 0.1) is 0 Å². The van der Waals surface area contributed by atoms with Gasteiger partial charge >= 0.3 is 0 Å². The molecule has 0 radical (unpaired) electrons. The molecule has 0 saturated carbocycles. The molecule has 10 heteroatoms. The number of halogens is 1. The molecule has 1 saturated heterocycles. The Morgan fingerprint density at radius 1 is 1.03 bits per heavy atom. The van der Waals surface area contributed by atoms with E-state index in [1.165, 1.54) is 24.3 Å². The van der Waals surface area contributed by atoms with Crippen molar-refractivity contribution in [3.05, 3.63) is 69.3 Å². The summed E-state index contributed by atoms with van der Waals surface area (Å²) in [5, 5.41) is 5.34. The Morgan fingerprint density at radius 2 is 1.69 bits per heavy atom. The summed E-state index contributed by atoms with van der Waals surface area (Å²) >= 11 is 3.10. The standard InChI is InChI=1S/C19H15BrN2O6S/c20-14-6-5-13(28-14)19(25)22-16-15(21-10-7-8-29(26,27)9-10)17(23)11-3-1-2-4-12(11)18(16)24/h1-6,10,21H,7-9H2,(H,22,25). The van der Waals surface area contributed by atoms with E-state index in [4.69, 9.17) is 4.42 Å². The second-order valence-corrected chi connectivity index (χ2v) is 9.77. The highest BCUT2D eigenvalue weighted by molar-refractivity contribution is 9.10. The van der Waals surface area contributed by atoms with E-state index >= 15 is 0 Å². The van der Waals surface area contributed by atoms with Crippen LogP contribution in [0.5, 0.6) is 0 Å². The van der Waals surface area contributed by atoms with Crippen molar-refractivity contribution in [3.8, 4) is 0 Å². The van der Waals surface area contributed by atoms with Crippen LogP contribution in [0.2, 0.25) is 0 Å². The van der Waals surface area contributed by atoms with Gasteiger partial charge in [-0.15, -0.1) is 0 Å². The van der Waals surface area contributed by atoms with Gasteiger partial charge in [0, 0.05) is 17.2 Å². The minimum Gasteiger partial charge on any atom is -0.444 e. The van der Waals surface area contributed by atoms with Gasteiger partial charge in [0.1, 0.15) is 11.4 Å². The molecular weight excluding hydrogens is 464 g/mol. The quantitative estimate of drug-likeness (QED) is 0.686. The molecule has 4 rings (SSSR count). The van der Waals surface area contributed by atoms with Crippen LogP contribution in [0.25, 0.3) is 0 Å². The zero-order chi connectivity index (χ0) is 20.8. The maximum Gasteiger partial charge on any atom is 0.291 e. The molecule has 1 unspecified atom stereocenters. The number of rotatable bonds is 4. The van der Waals surface area contributed by atoms with E-state index in [9.17, 15) is 22.8 Å². The third-order valence-electron chi connectivity index (χ3n) is 4.74. The highest BCUT2D eigenvalue weighted by Gasteiger charge is 2.37. The third kappa shape index (κ3) is 3.77. The summed E-state index contributed by atoms with van der Waals surface area (Å²) in [6, 6.07) is 8.68. The highest BCUT2D eigenvalue weighted by atomic mass is 79.9. The number of furan rings is 1. The topological polar surface area (TPSA) is 123 Å². The molecule has 8 nitrogen and oxygen atoms in total. The van der Waals surface area contributed by atoms with Crippen LogP contribution < -0.4 is 10.6 Å². The Kier molecular flexibility index (Phi) is 4.91. The molecule has 2 aromatic rings. The van der Waals surface area contributed by atoms with E-state index < -0.39 is 33.4 Å². The molecule has 2 heterocycles. The lowest BCUT2D eigenvalue weighted by molar-refractivity contribution is 0.0899. The van der Waals surface area contributed by atoms with Crippen molar-refractivity contribution in [2.24, 2.45) is 0 Å². The van der Waals surface area contributed by atoms with Gasteiger partial charge in [0.25, 0.3) is 5.91 Å². The fourth-order valence-electron chi connectivity index (χ4n) is 3.36. The number of carbonyl (C=O) groups excluding carboxylic acids is 3. The minimum atomic E-state index is -3.21. The third-order valence-corrected chi connectivity index (χ3v) is 6.93. The first-order chi connectivity index (χ1) is 13.7. The van der Waals surface area contributed by atoms with E-state index in [1.54, 1.807) is 12.1 Å². The number of nitrogens with one attached hydrogen (secondary N) is 2. The molecule has 1 aromatic carbocycles. The number of sulfone groups is 1. The SMILES string of the molecule is O=C(NC1=C(NC2CCS(=O)(=O)C2)C(=O)c2ccccc2C1=O)c1ccc(Br)o1. The van der Waals surface area contributed by atoms with Gasteiger partial charge in [-0.2, -0.15) is 0 Å². The summed E-state index contributed by atoms with van der Waals surface area (Å²) in [4.78, 5) is 38.6. The van der Waals surface area contributed by atoms with Crippen molar-refractivity contribution in [2.75, 3.05) is 11.5 Å². The number of fused-ring (bicyclic) bond motifs is 1. The molecule has 1 fully saturated rings. The maximum absolute atomic E-state index is 13.0. The van der Waals surface area contributed by atoms with Crippen LogP contribution in [-0.4, -0.2) is 43.4 Å². The van der Waals surface area contributed by atoms with Crippen molar-refractivity contribution in [1.29, 1.82) is 0 Å². The normalized spacial score (nSPS) is 20.5. The number of Topliss-reactive ketones (excluding diaryl/α,β-unsaturated/α-hetero) is 2. The number of hydrogen-bond donors (Lipinski definition) is 2. The molecule has 1 aliphatic carbocycles.